The molecule has 0 saturated heterocycles. The zero-order valence-electron chi connectivity index (χ0n) is 9.76. The van der Waals surface area contributed by atoms with Crippen molar-refractivity contribution >= 4 is 11.6 Å². The smallest absolute Gasteiger partial charge is 0.0497 e. The van der Waals surface area contributed by atoms with Crippen molar-refractivity contribution in [2.75, 3.05) is 14.1 Å². The number of nitrogens with one attached hydrogen (secondary N) is 2. The number of hydrogen-bond acceptors (Lipinski definition) is 2. The Morgan fingerprint density at radius 3 is 2.07 bits per heavy atom. The van der Waals surface area contributed by atoms with Crippen molar-refractivity contribution < 1.29 is 0 Å². The Kier molecular flexibility index (Phi) is 4.14. The summed E-state index contributed by atoms with van der Waals surface area (Å²) in [6.07, 6.45) is 0. The Morgan fingerprint density at radius 2 is 1.67 bits per heavy atom. The van der Waals surface area contributed by atoms with Crippen LogP contribution in [-0.2, 0) is 0 Å². The van der Waals surface area contributed by atoms with E-state index in [0.29, 0.717) is 0 Å². The van der Waals surface area contributed by atoms with E-state index in [4.69, 9.17) is 11.6 Å². The molecule has 0 saturated carbocycles. The fourth-order valence-electron chi connectivity index (χ4n) is 1.74. The minimum absolute atomic E-state index is 0.00256. The molecular weight excluding hydrogens is 208 g/mol. The zero-order valence-corrected chi connectivity index (χ0v) is 10.5. The van der Waals surface area contributed by atoms with Crippen LogP contribution in [0.4, 0.5) is 0 Å². The van der Waals surface area contributed by atoms with Gasteiger partial charge in [0.1, 0.15) is 0 Å². The third kappa shape index (κ3) is 2.94. The zero-order chi connectivity index (χ0) is 11.5. The van der Waals surface area contributed by atoms with E-state index in [1.165, 1.54) is 5.56 Å². The lowest BCUT2D eigenvalue weighted by atomic mass is 9.89. The van der Waals surface area contributed by atoms with Crippen molar-refractivity contribution in [1.82, 2.24) is 10.6 Å². The molecule has 0 aliphatic heterocycles. The van der Waals surface area contributed by atoms with Gasteiger partial charge in [-0.1, -0.05) is 23.7 Å². The molecule has 0 radical (unpaired) electrons. The quantitative estimate of drug-likeness (QED) is 0.825. The summed E-state index contributed by atoms with van der Waals surface area (Å²) < 4.78 is 0. The van der Waals surface area contributed by atoms with E-state index in [1.807, 2.05) is 26.2 Å². The molecule has 3 heteroatoms. The van der Waals surface area contributed by atoms with Crippen LogP contribution in [0.15, 0.2) is 24.3 Å². The Bertz CT molecular complexity index is 306. The fourth-order valence-corrected chi connectivity index (χ4v) is 1.87. The summed E-state index contributed by atoms with van der Waals surface area (Å²) in [5.41, 5.74) is 1.24. The average Bonchev–Trinajstić information content (AvgIpc) is 2.22. The second-order valence-electron chi connectivity index (χ2n) is 4.24. The van der Waals surface area contributed by atoms with Crippen LogP contribution >= 0.6 is 11.6 Å². The van der Waals surface area contributed by atoms with Crippen molar-refractivity contribution in [2.24, 2.45) is 0 Å². The van der Waals surface area contributed by atoms with E-state index in [1.54, 1.807) is 0 Å². The molecule has 0 heterocycles. The lowest BCUT2D eigenvalue weighted by Crippen LogP contribution is -2.47. The predicted octanol–water partition coefficient (Wildman–Crippen LogP) is 2.60. The van der Waals surface area contributed by atoms with Crippen LogP contribution < -0.4 is 10.6 Å². The van der Waals surface area contributed by atoms with Crippen molar-refractivity contribution in [3.05, 3.63) is 34.9 Å². The summed E-state index contributed by atoms with van der Waals surface area (Å²) in [5.74, 6) is 0. The van der Waals surface area contributed by atoms with Gasteiger partial charge < -0.3 is 10.6 Å². The van der Waals surface area contributed by atoms with E-state index >= 15 is 0 Å². The summed E-state index contributed by atoms with van der Waals surface area (Å²) in [6, 6.07) is 8.23. The second kappa shape index (κ2) is 4.97. The first-order valence-electron chi connectivity index (χ1n) is 5.13. The van der Waals surface area contributed by atoms with Gasteiger partial charge in [-0.25, -0.2) is 0 Å². The lowest BCUT2D eigenvalue weighted by Gasteiger charge is -2.34. The van der Waals surface area contributed by atoms with Crippen molar-refractivity contribution in [3.8, 4) is 0 Å². The molecule has 0 spiro atoms. The molecule has 0 amide bonds. The maximum Gasteiger partial charge on any atom is 0.0497 e. The Labute approximate surface area is 97.0 Å². The highest BCUT2D eigenvalue weighted by Crippen LogP contribution is 2.25. The third-order valence-corrected chi connectivity index (χ3v) is 3.11. The van der Waals surface area contributed by atoms with Gasteiger partial charge in [-0.2, -0.15) is 0 Å². The second-order valence-corrected chi connectivity index (χ2v) is 4.68. The van der Waals surface area contributed by atoms with E-state index in [2.05, 4.69) is 36.6 Å². The number of halogens is 1. The molecule has 1 aromatic carbocycles. The third-order valence-electron chi connectivity index (χ3n) is 2.86. The van der Waals surface area contributed by atoms with Gasteiger partial charge in [-0.15, -0.1) is 0 Å². The average molecular weight is 227 g/mol. The monoisotopic (exact) mass is 226 g/mol. The molecule has 1 aromatic rings. The van der Waals surface area contributed by atoms with Crippen molar-refractivity contribution in [3.63, 3.8) is 0 Å². The summed E-state index contributed by atoms with van der Waals surface area (Å²) in [4.78, 5) is 0. The van der Waals surface area contributed by atoms with Crippen molar-refractivity contribution in [2.45, 2.75) is 25.4 Å². The van der Waals surface area contributed by atoms with Crippen LogP contribution in [0.25, 0.3) is 0 Å². The lowest BCUT2D eigenvalue weighted by molar-refractivity contribution is 0.311. The fraction of sp³-hybridized carbons (Fsp3) is 0.500. The Balaban J connectivity index is 2.97. The minimum atomic E-state index is 0.00256. The first-order valence-corrected chi connectivity index (χ1v) is 5.50. The maximum absolute atomic E-state index is 5.87. The van der Waals surface area contributed by atoms with Gasteiger partial charge in [-0.05, 0) is 45.6 Å². The van der Waals surface area contributed by atoms with Crippen LogP contribution in [0.5, 0.6) is 0 Å². The molecule has 84 valence electrons. The number of hydrogen-bond donors (Lipinski definition) is 2. The summed E-state index contributed by atoms with van der Waals surface area (Å²) >= 11 is 5.87. The Hall–Kier alpha value is -0.570. The van der Waals surface area contributed by atoms with Gasteiger partial charge in [0, 0.05) is 16.6 Å². The molecule has 1 unspecified atom stereocenters. The van der Waals surface area contributed by atoms with Crippen LogP contribution in [0, 0.1) is 0 Å². The molecule has 0 fully saturated rings. The summed E-state index contributed by atoms with van der Waals surface area (Å²) in [6.45, 7) is 4.34. The van der Waals surface area contributed by atoms with E-state index in [-0.39, 0.29) is 11.6 Å². The summed E-state index contributed by atoms with van der Waals surface area (Å²) in [5, 5.41) is 7.41. The molecule has 2 N–H and O–H groups in total. The van der Waals surface area contributed by atoms with Crippen LogP contribution in [0.1, 0.15) is 25.5 Å². The van der Waals surface area contributed by atoms with Crippen LogP contribution in [0.2, 0.25) is 5.02 Å². The molecule has 0 aliphatic rings. The van der Waals surface area contributed by atoms with Crippen LogP contribution in [-0.4, -0.2) is 19.6 Å². The highest BCUT2D eigenvalue weighted by Gasteiger charge is 2.27. The minimum Gasteiger partial charge on any atom is -0.313 e. The van der Waals surface area contributed by atoms with Gasteiger partial charge in [-0.3, -0.25) is 0 Å². The molecule has 0 bridgehead atoms. The molecule has 15 heavy (non-hydrogen) atoms. The highest BCUT2D eigenvalue weighted by atomic mass is 35.5. The van der Waals surface area contributed by atoms with E-state index in [0.717, 1.165) is 5.02 Å². The number of benzene rings is 1. The SMILES string of the molecule is CNC(c1ccc(Cl)cc1)C(C)(C)NC. The Morgan fingerprint density at radius 1 is 1.13 bits per heavy atom. The predicted molar refractivity (Wildman–Crippen MR) is 66.4 cm³/mol. The molecule has 0 aromatic heterocycles. The standard InChI is InChI=1S/C12H19ClN2/c1-12(2,15-4)11(14-3)9-5-7-10(13)8-6-9/h5-8,11,14-15H,1-4H3. The van der Waals surface area contributed by atoms with Gasteiger partial charge >= 0.3 is 0 Å². The largest absolute Gasteiger partial charge is 0.313 e. The van der Waals surface area contributed by atoms with Gasteiger partial charge in [0.2, 0.25) is 0 Å². The first kappa shape index (κ1) is 12.5. The molecule has 2 nitrogen and oxygen atoms in total. The molecule has 1 rings (SSSR count). The van der Waals surface area contributed by atoms with Gasteiger partial charge in [0.25, 0.3) is 0 Å². The van der Waals surface area contributed by atoms with Gasteiger partial charge in [0.15, 0.2) is 0 Å². The van der Waals surface area contributed by atoms with E-state index < -0.39 is 0 Å². The van der Waals surface area contributed by atoms with E-state index in [9.17, 15) is 0 Å². The highest BCUT2D eigenvalue weighted by molar-refractivity contribution is 6.30. The normalized spacial score (nSPS) is 13.9. The number of rotatable bonds is 4. The van der Waals surface area contributed by atoms with Gasteiger partial charge in [0.05, 0.1) is 0 Å². The molecule has 1 atom stereocenters. The molecule has 0 aliphatic carbocycles. The van der Waals surface area contributed by atoms with Crippen LogP contribution in [0.3, 0.4) is 0 Å². The maximum atomic E-state index is 5.87. The summed E-state index contributed by atoms with van der Waals surface area (Å²) in [7, 11) is 3.94. The first-order chi connectivity index (χ1) is 7.01. The molecular formula is C12H19ClN2. The van der Waals surface area contributed by atoms with Crippen molar-refractivity contribution in [1.29, 1.82) is 0 Å². The number of likely N-dealkylation sites (N-methyl/N-ethyl adjacent to an activating group) is 2. The topological polar surface area (TPSA) is 24.1 Å².